The number of fused-ring (bicyclic) bond motifs is 2. The van der Waals surface area contributed by atoms with Crippen LogP contribution in [-0.2, 0) is 26.2 Å². The van der Waals surface area contributed by atoms with E-state index >= 15 is 0 Å². The van der Waals surface area contributed by atoms with Gasteiger partial charge in [0.2, 0.25) is 22.7 Å². The molecule has 1 atom stereocenters. The number of hydrogen-bond acceptors (Lipinski definition) is 6. The zero-order chi connectivity index (χ0) is 26.4. The van der Waals surface area contributed by atoms with Crippen molar-refractivity contribution in [3.8, 4) is 11.5 Å². The molecule has 4 aromatic carbocycles. The monoisotopic (exact) mass is 640 g/mol. The highest BCUT2D eigenvalue weighted by molar-refractivity contribution is 14.1. The number of halogens is 1. The van der Waals surface area contributed by atoms with Crippen LogP contribution in [0.5, 0.6) is 11.5 Å². The van der Waals surface area contributed by atoms with Crippen molar-refractivity contribution in [3.63, 3.8) is 0 Å². The second-order valence-corrected chi connectivity index (χ2v) is 12.1. The Morgan fingerprint density at radius 2 is 1.61 bits per heavy atom. The molecule has 192 valence electrons. The Hall–Kier alpha value is -3.48. The van der Waals surface area contributed by atoms with E-state index in [1.54, 1.807) is 54.6 Å². The maximum absolute atomic E-state index is 14.1. The van der Waals surface area contributed by atoms with Gasteiger partial charge in [-0.2, -0.15) is 4.31 Å². The zero-order valence-corrected chi connectivity index (χ0v) is 22.9. The third-order valence-corrected chi connectivity index (χ3v) is 9.23. The van der Waals surface area contributed by atoms with Crippen LogP contribution in [0, 0.1) is 3.57 Å². The van der Waals surface area contributed by atoms with Gasteiger partial charge in [0.05, 0.1) is 17.0 Å². The van der Waals surface area contributed by atoms with Crippen LogP contribution in [0.1, 0.15) is 12.0 Å². The summed E-state index contributed by atoms with van der Waals surface area (Å²) in [6.45, 7) is -0.0471. The summed E-state index contributed by atoms with van der Waals surface area (Å²) >= 11 is 2.14. The van der Waals surface area contributed by atoms with E-state index in [0.717, 1.165) is 23.5 Å². The number of hydrogen-bond donors (Lipinski definition) is 0. The SMILES string of the molecule is O=C1CC(N(Cc2ccc3c(c2)OCO3)S(=O)(=O)c2ccc3ccccc3c2)C(=O)N1c1ccc(I)cc1. The van der Waals surface area contributed by atoms with Crippen molar-refractivity contribution in [2.75, 3.05) is 11.7 Å². The summed E-state index contributed by atoms with van der Waals surface area (Å²) in [5.41, 5.74) is 1.01. The minimum atomic E-state index is -4.20. The lowest BCUT2D eigenvalue weighted by Crippen LogP contribution is -2.45. The molecule has 1 saturated heterocycles. The molecule has 2 amide bonds. The highest BCUT2D eigenvalue weighted by Crippen LogP contribution is 2.35. The normalized spacial score (nSPS) is 17.1. The van der Waals surface area contributed by atoms with Gasteiger partial charge in [-0.3, -0.25) is 9.59 Å². The van der Waals surface area contributed by atoms with Crippen LogP contribution >= 0.6 is 22.6 Å². The molecule has 38 heavy (non-hydrogen) atoms. The van der Waals surface area contributed by atoms with Gasteiger partial charge in [-0.1, -0.05) is 36.4 Å². The third kappa shape index (κ3) is 4.42. The van der Waals surface area contributed by atoms with E-state index in [4.69, 9.17) is 9.47 Å². The van der Waals surface area contributed by atoms with Gasteiger partial charge in [0.1, 0.15) is 6.04 Å². The Morgan fingerprint density at radius 1 is 0.868 bits per heavy atom. The minimum Gasteiger partial charge on any atom is -0.454 e. The van der Waals surface area contributed by atoms with Crippen molar-refractivity contribution in [2.45, 2.75) is 23.9 Å². The van der Waals surface area contributed by atoms with Crippen molar-refractivity contribution in [3.05, 3.63) is 94.1 Å². The lowest BCUT2D eigenvalue weighted by atomic mass is 10.1. The Kier molecular flexibility index (Phi) is 6.33. The number of benzene rings is 4. The Balaban J connectivity index is 1.42. The van der Waals surface area contributed by atoms with Crippen LogP contribution in [0.15, 0.2) is 89.8 Å². The summed E-state index contributed by atoms with van der Waals surface area (Å²) in [5, 5.41) is 1.65. The van der Waals surface area contributed by atoms with Gasteiger partial charge in [0.25, 0.3) is 5.91 Å². The van der Waals surface area contributed by atoms with E-state index in [2.05, 4.69) is 22.6 Å². The summed E-state index contributed by atoms with van der Waals surface area (Å²) in [6.07, 6.45) is -0.262. The third-order valence-electron chi connectivity index (χ3n) is 6.66. The van der Waals surface area contributed by atoms with Crippen molar-refractivity contribution in [2.24, 2.45) is 0 Å². The predicted octanol–water partition coefficient (Wildman–Crippen LogP) is 4.70. The number of amides is 2. The molecule has 10 heteroatoms. The van der Waals surface area contributed by atoms with Gasteiger partial charge >= 0.3 is 0 Å². The van der Waals surface area contributed by atoms with Gasteiger partial charge in [-0.05, 0) is 87.5 Å². The quantitative estimate of drug-likeness (QED) is 0.224. The standard InChI is InChI=1S/C28H21IN2O6S/c29-21-7-9-22(10-8-21)31-27(32)15-24(28(31)33)30(16-18-5-12-25-26(13-18)37-17-36-25)38(34,35)23-11-6-19-3-1-2-4-20(19)14-23/h1-14,24H,15-17H2. The Morgan fingerprint density at radius 3 is 2.39 bits per heavy atom. The lowest BCUT2D eigenvalue weighted by Gasteiger charge is -2.27. The molecule has 6 rings (SSSR count). The molecule has 0 aliphatic carbocycles. The largest absolute Gasteiger partial charge is 0.454 e. The molecule has 0 saturated carbocycles. The number of ether oxygens (including phenoxy) is 2. The van der Waals surface area contributed by atoms with Crippen molar-refractivity contribution in [1.29, 1.82) is 0 Å². The molecule has 2 aliphatic rings. The summed E-state index contributed by atoms with van der Waals surface area (Å²) in [6, 6.07) is 23.2. The van der Waals surface area contributed by atoms with E-state index in [1.807, 2.05) is 24.3 Å². The smallest absolute Gasteiger partial charge is 0.252 e. The van der Waals surface area contributed by atoms with Crippen molar-refractivity contribution >= 4 is 60.9 Å². The average Bonchev–Trinajstić information content (AvgIpc) is 3.50. The van der Waals surface area contributed by atoms with E-state index in [0.29, 0.717) is 22.7 Å². The minimum absolute atomic E-state index is 0.0462. The number of nitrogens with zero attached hydrogens (tertiary/aromatic N) is 2. The van der Waals surface area contributed by atoms with Gasteiger partial charge in [0, 0.05) is 10.1 Å². The van der Waals surface area contributed by atoms with Crippen LogP contribution < -0.4 is 14.4 Å². The van der Waals surface area contributed by atoms with Crippen LogP contribution in [0.3, 0.4) is 0 Å². The first-order valence-electron chi connectivity index (χ1n) is 11.8. The molecule has 2 heterocycles. The molecule has 0 N–H and O–H groups in total. The number of sulfonamides is 1. The first-order chi connectivity index (χ1) is 18.3. The molecule has 0 bridgehead atoms. The summed E-state index contributed by atoms with van der Waals surface area (Å²) < 4.78 is 41.2. The topological polar surface area (TPSA) is 93.2 Å². The van der Waals surface area contributed by atoms with E-state index < -0.39 is 27.9 Å². The van der Waals surface area contributed by atoms with E-state index in [-0.39, 0.29) is 24.7 Å². The number of anilines is 1. The molecule has 8 nitrogen and oxygen atoms in total. The fourth-order valence-corrected chi connectivity index (χ4v) is 6.71. The van der Waals surface area contributed by atoms with Crippen LogP contribution in [-0.4, -0.2) is 37.4 Å². The number of rotatable bonds is 6. The molecule has 0 aromatic heterocycles. The zero-order valence-electron chi connectivity index (χ0n) is 19.9. The first kappa shape index (κ1) is 24.8. The molecular formula is C28H21IN2O6S. The van der Waals surface area contributed by atoms with Gasteiger partial charge in [-0.15, -0.1) is 0 Å². The van der Waals surface area contributed by atoms with Gasteiger partial charge in [0.15, 0.2) is 11.5 Å². The fourth-order valence-electron chi connectivity index (χ4n) is 4.75. The predicted molar refractivity (Wildman–Crippen MR) is 149 cm³/mol. The molecule has 0 radical (unpaired) electrons. The number of carbonyl (C=O) groups excluding carboxylic acids is 2. The van der Waals surface area contributed by atoms with Gasteiger partial charge in [-0.25, -0.2) is 13.3 Å². The lowest BCUT2D eigenvalue weighted by molar-refractivity contribution is -0.122. The molecule has 1 unspecified atom stereocenters. The fraction of sp³-hybridized carbons (Fsp3) is 0.143. The molecule has 4 aromatic rings. The number of imide groups is 1. The van der Waals surface area contributed by atoms with Gasteiger partial charge < -0.3 is 9.47 Å². The number of carbonyl (C=O) groups is 2. The van der Waals surface area contributed by atoms with E-state index in [1.165, 1.54) is 6.07 Å². The van der Waals surface area contributed by atoms with Crippen molar-refractivity contribution < 1.29 is 27.5 Å². The van der Waals surface area contributed by atoms with Crippen LogP contribution in [0.4, 0.5) is 5.69 Å². The van der Waals surface area contributed by atoms with Crippen LogP contribution in [0.25, 0.3) is 10.8 Å². The second kappa shape index (κ2) is 9.68. The highest BCUT2D eigenvalue weighted by atomic mass is 127. The molecule has 2 aliphatic heterocycles. The Labute approximate surface area is 232 Å². The van der Waals surface area contributed by atoms with Crippen molar-refractivity contribution in [1.82, 2.24) is 4.31 Å². The van der Waals surface area contributed by atoms with Crippen LogP contribution in [0.2, 0.25) is 0 Å². The Bertz CT molecular complexity index is 1690. The molecule has 1 fully saturated rings. The summed E-state index contributed by atoms with van der Waals surface area (Å²) in [5.74, 6) is 0.0292. The highest BCUT2D eigenvalue weighted by Gasteiger charge is 2.47. The maximum atomic E-state index is 14.1. The first-order valence-corrected chi connectivity index (χ1v) is 14.3. The second-order valence-electron chi connectivity index (χ2n) is 9.01. The molecular weight excluding hydrogens is 619 g/mol. The molecule has 0 spiro atoms. The summed E-state index contributed by atoms with van der Waals surface area (Å²) in [4.78, 5) is 27.9. The average molecular weight is 640 g/mol. The summed E-state index contributed by atoms with van der Waals surface area (Å²) in [7, 11) is -4.20. The van der Waals surface area contributed by atoms with E-state index in [9.17, 15) is 18.0 Å². The maximum Gasteiger partial charge on any atom is 0.252 e.